The summed E-state index contributed by atoms with van der Waals surface area (Å²) in [5.74, 6) is -0.918. The van der Waals surface area contributed by atoms with Crippen molar-refractivity contribution < 1.29 is 19.1 Å². The Kier molecular flexibility index (Phi) is 5.68. The molecule has 0 bridgehead atoms. The van der Waals surface area contributed by atoms with Gasteiger partial charge in [0.05, 0.1) is 12.7 Å². The van der Waals surface area contributed by atoms with E-state index >= 15 is 0 Å². The summed E-state index contributed by atoms with van der Waals surface area (Å²) >= 11 is 0. The standard InChI is InChI=1S/C18H18N2O4/c1-3-16(21)19-14-7-9-15(10-8-14)20-17(22)12-5-4-6-13(11-12)18(23)24-2/h4-11H,3H2,1-2H3,(H,19,21)(H,20,22). The SMILES string of the molecule is CCC(=O)Nc1ccc(NC(=O)c2cccc(C(=O)OC)c2)cc1. The van der Waals surface area contributed by atoms with Crippen LogP contribution in [-0.2, 0) is 9.53 Å². The largest absolute Gasteiger partial charge is 0.465 e. The van der Waals surface area contributed by atoms with E-state index in [1.165, 1.54) is 13.2 Å². The van der Waals surface area contributed by atoms with E-state index in [2.05, 4.69) is 15.4 Å². The lowest BCUT2D eigenvalue weighted by molar-refractivity contribution is -0.115. The van der Waals surface area contributed by atoms with Gasteiger partial charge in [-0.3, -0.25) is 9.59 Å². The molecule has 124 valence electrons. The Morgan fingerprint density at radius 2 is 1.50 bits per heavy atom. The summed E-state index contributed by atoms with van der Waals surface area (Å²) in [6.45, 7) is 1.77. The van der Waals surface area contributed by atoms with Crippen molar-refractivity contribution in [3.05, 3.63) is 59.7 Å². The molecule has 0 unspecified atom stereocenters. The van der Waals surface area contributed by atoms with Gasteiger partial charge in [0.1, 0.15) is 0 Å². The van der Waals surface area contributed by atoms with Gasteiger partial charge in [0.2, 0.25) is 5.91 Å². The second kappa shape index (κ2) is 7.92. The van der Waals surface area contributed by atoms with E-state index in [1.54, 1.807) is 49.4 Å². The van der Waals surface area contributed by atoms with E-state index in [1.807, 2.05) is 0 Å². The summed E-state index contributed by atoms with van der Waals surface area (Å²) in [5.41, 5.74) is 1.90. The highest BCUT2D eigenvalue weighted by Gasteiger charge is 2.11. The molecule has 0 saturated carbocycles. The van der Waals surface area contributed by atoms with Gasteiger partial charge >= 0.3 is 5.97 Å². The van der Waals surface area contributed by atoms with Crippen LogP contribution in [0.1, 0.15) is 34.1 Å². The number of anilines is 2. The van der Waals surface area contributed by atoms with E-state index in [0.717, 1.165) is 0 Å². The van der Waals surface area contributed by atoms with Crippen LogP contribution in [0.2, 0.25) is 0 Å². The quantitative estimate of drug-likeness (QED) is 0.827. The molecule has 0 aromatic heterocycles. The van der Waals surface area contributed by atoms with Crippen molar-refractivity contribution >= 4 is 29.2 Å². The first-order chi connectivity index (χ1) is 11.5. The molecule has 2 aromatic rings. The minimum Gasteiger partial charge on any atom is -0.465 e. The molecular weight excluding hydrogens is 308 g/mol. The number of nitrogens with one attached hydrogen (secondary N) is 2. The maximum Gasteiger partial charge on any atom is 0.337 e. The third-order valence-corrected chi connectivity index (χ3v) is 3.29. The minimum atomic E-state index is -0.499. The Labute approximate surface area is 139 Å². The number of benzene rings is 2. The zero-order valence-electron chi connectivity index (χ0n) is 13.5. The van der Waals surface area contributed by atoms with Gasteiger partial charge in [-0.25, -0.2) is 4.79 Å². The zero-order valence-corrected chi connectivity index (χ0v) is 13.5. The number of methoxy groups -OCH3 is 1. The Bertz CT molecular complexity index is 754. The molecule has 2 aromatic carbocycles. The first kappa shape index (κ1) is 17.2. The van der Waals surface area contributed by atoms with Crippen LogP contribution in [-0.4, -0.2) is 24.9 Å². The summed E-state index contributed by atoms with van der Waals surface area (Å²) in [7, 11) is 1.29. The number of amides is 2. The fourth-order valence-electron chi connectivity index (χ4n) is 1.99. The summed E-state index contributed by atoms with van der Waals surface area (Å²) in [6.07, 6.45) is 0.398. The highest BCUT2D eigenvalue weighted by atomic mass is 16.5. The first-order valence-corrected chi connectivity index (χ1v) is 7.43. The van der Waals surface area contributed by atoms with Gasteiger partial charge in [-0.15, -0.1) is 0 Å². The van der Waals surface area contributed by atoms with E-state index in [4.69, 9.17) is 0 Å². The van der Waals surface area contributed by atoms with Crippen LogP contribution >= 0.6 is 0 Å². The maximum atomic E-state index is 12.3. The predicted molar refractivity (Wildman–Crippen MR) is 91.1 cm³/mol. The maximum absolute atomic E-state index is 12.3. The third kappa shape index (κ3) is 4.42. The van der Waals surface area contributed by atoms with Crippen LogP contribution in [0.15, 0.2) is 48.5 Å². The normalized spacial score (nSPS) is 9.92. The zero-order chi connectivity index (χ0) is 17.5. The van der Waals surface area contributed by atoms with E-state index < -0.39 is 5.97 Å². The van der Waals surface area contributed by atoms with Crippen LogP contribution in [0.25, 0.3) is 0 Å². The smallest absolute Gasteiger partial charge is 0.337 e. The molecule has 0 fully saturated rings. The van der Waals surface area contributed by atoms with Crippen LogP contribution in [0.4, 0.5) is 11.4 Å². The molecule has 6 nitrogen and oxygen atoms in total. The second-order valence-electron chi connectivity index (χ2n) is 5.01. The fourth-order valence-corrected chi connectivity index (χ4v) is 1.99. The number of rotatable bonds is 5. The number of carbonyl (C=O) groups excluding carboxylic acids is 3. The highest BCUT2D eigenvalue weighted by Crippen LogP contribution is 2.15. The highest BCUT2D eigenvalue weighted by molar-refractivity contribution is 6.05. The van der Waals surface area contributed by atoms with Gasteiger partial charge in [-0.05, 0) is 42.5 Å². The average Bonchev–Trinajstić information content (AvgIpc) is 2.62. The molecule has 0 heterocycles. The number of carbonyl (C=O) groups is 3. The van der Waals surface area contributed by atoms with Crippen molar-refractivity contribution in [2.75, 3.05) is 17.7 Å². The van der Waals surface area contributed by atoms with Crippen LogP contribution < -0.4 is 10.6 Å². The number of ether oxygens (including phenoxy) is 1. The number of esters is 1. The van der Waals surface area contributed by atoms with Gasteiger partial charge < -0.3 is 15.4 Å². The second-order valence-corrected chi connectivity index (χ2v) is 5.01. The molecule has 0 atom stereocenters. The van der Waals surface area contributed by atoms with Crippen LogP contribution in [0.5, 0.6) is 0 Å². The van der Waals surface area contributed by atoms with Crippen molar-refractivity contribution in [2.45, 2.75) is 13.3 Å². The summed E-state index contributed by atoms with van der Waals surface area (Å²) < 4.78 is 4.64. The molecule has 0 aliphatic heterocycles. The molecular formula is C18H18N2O4. The predicted octanol–water partition coefficient (Wildman–Crippen LogP) is 3.07. The van der Waals surface area contributed by atoms with Crippen molar-refractivity contribution in [2.24, 2.45) is 0 Å². The first-order valence-electron chi connectivity index (χ1n) is 7.43. The van der Waals surface area contributed by atoms with Crippen LogP contribution in [0.3, 0.4) is 0 Å². The Morgan fingerprint density at radius 3 is 2.08 bits per heavy atom. The van der Waals surface area contributed by atoms with Gasteiger partial charge in [0.25, 0.3) is 5.91 Å². The fraction of sp³-hybridized carbons (Fsp3) is 0.167. The van der Waals surface area contributed by atoms with Crippen LogP contribution in [0, 0.1) is 0 Å². The monoisotopic (exact) mass is 326 g/mol. The topological polar surface area (TPSA) is 84.5 Å². The van der Waals surface area contributed by atoms with E-state index in [-0.39, 0.29) is 11.8 Å². The number of hydrogen-bond donors (Lipinski definition) is 2. The Morgan fingerprint density at radius 1 is 0.917 bits per heavy atom. The molecule has 2 N–H and O–H groups in total. The molecule has 2 rings (SSSR count). The lowest BCUT2D eigenvalue weighted by atomic mass is 10.1. The summed E-state index contributed by atoms with van der Waals surface area (Å²) in [4.78, 5) is 35.1. The van der Waals surface area contributed by atoms with Crippen molar-refractivity contribution in [1.82, 2.24) is 0 Å². The van der Waals surface area contributed by atoms with Gasteiger partial charge in [0.15, 0.2) is 0 Å². The molecule has 24 heavy (non-hydrogen) atoms. The van der Waals surface area contributed by atoms with Crippen molar-refractivity contribution in [3.63, 3.8) is 0 Å². The summed E-state index contributed by atoms with van der Waals surface area (Å²) in [6, 6.07) is 13.1. The molecule has 0 radical (unpaired) electrons. The minimum absolute atomic E-state index is 0.0774. The molecule has 0 aliphatic rings. The van der Waals surface area contributed by atoms with Gasteiger partial charge in [-0.2, -0.15) is 0 Å². The third-order valence-electron chi connectivity index (χ3n) is 3.29. The van der Waals surface area contributed by atoms with Gasteiger partial charge in [0, 0.05) is 23.4 Å². The van der Waals surface area contributed by atoms with E-state index in [0.29, 0.717) is 28.9 Å². The summed E-state index contributed by atoms with van der Waals surface area (Å²) in [5, 5.41) is 5.46. The van der Waals surface area contributed by atoms with Gasteiger partial charge in [-0.1, -0.05) is 13.0 Å². The molecule has 6 heteroatoms. The molecule has 0 aliphatic carbocycles. The van der Waals surface area contributed by atoms with Crippen molar-refractivity contribution in [1.29, 1.82) is 0 Å². The Hall–Kier alpha value is -3.15. The molecule has 0 saturated heterocycles. The lowest BCUT2D eigenvalue weighted by Gasteiger charge is -2.08. The molecule has 2 amide bonds. The van der Waals surface area contributed by atoms with E-state index in [9.17, 15) is 14.4 Å². The molecule has 0 spiro atoms. The Balaban J connectivity index is 2.07. The lowest BCUT2D eigenvalue weighted by Crippen LogP contribution is -2.13. The number of hydrogen-bond acceptors (Lipinski definition) is 4. The van der Waals surface area contributed by atoms with Crippen molar-refractivity contribution in [3.8, 4) is 0 Å². The average molecular weight is 326 g/mol.